The summed E-state index contributed by atoms with van der Waals surface area (Å²) in [6.45, 7) is 0.786. The van der Waals surface area contributed by atoms with E-state index >= 15 is 0 Å². The minimum Gasteiger partial charge on any atom is -0.494 e. The van der Waals surface area contributed by atoms with Crippen LogP contribution in [0.3, 0.4) is 0 Å². The summed E-state index contributed by atoms with van der Waals surface area (Å²) in [6.07, 6.45) is 2.66. The molecule has 0 aromatic carbocycles. The van der Waals surface area contributed by atoms with Crippen molar-refractivity contribution in [3.05, 3.63) is 24.0 Å². The largest absolute Gasteiger partial charge is 0.494 e. The highest BCUT2D eigenvalue weighted by Gasteiger charge is 2.30. The van der Waals surface area contributed by atoms with Gasteiger partial charge in [-0.05, 0) is 6.07 Å². The number of amides is 1. The Morgan fingerprint density at radius 2 is 2.40 bits per heavy atom. The third-order valence-corrected chi connectivity index (χ3v) is 2.38. The van der Waals surface area contributed by atoms with Crippen LogP contribution in [0.1, 0.15) is 10.4 Å². The van der Waals surface area contributed by atoms with Crippen LogP contribution in [0, 0.1) is 0 Å². The van der Waals surface area contributed by atoms with Crippen LogP contribution in [0.25, 0.3) is 0 Å². The van der Waals surface area contributed by atoms with Gasteiger partial charge in [-0.1, -0.05) is 0 Å². The van der Waals surface area contributed by atoms with Crippen molar-refractivity contribution in [2.45, 2.75) is 6.10 Å². The Morgan fingerprint density at radius 1 is 1.67 bits per heavy atom. The van der Waals surface area contributed by atoms with E-state index in [2.05, 4.69) is 4.98 Å². The predicted octanol–water partition coefficient (Wildman–Crippen LogP) is -0.0931. The van der Waals surface area contributed by atoms with Gasteiger partial charge >= 0.3 is 0 Å². The number of aliphatic hydroxyl groups excluding tert-OH is 1. The minimum atomic E-state index is -0.387. The number of carbonyl (C=O) groups is 1. The van der Waals surface area contributed by atoms with Crippen LogP contribution in [0.2, 0.25) is 0 Å². The van der Waals surface area contributed by atoms with Crippen molar-refractivity contribution in [1.82, 2.24) is 9.88 Å². The summed E-state index contributed by atoms with van der Waals surface area (Å²) in [5.74, 6) is 0.337. The van der Waals surface area contributed by atoms with Crippen LogP contribution < -0.4 is 4.74 Å². The van der Waals surface area contributed by atoms with Gasteiger partial charge in [0.25, 0.3) is 5.91 Å². The Morgan fingerprint density at radius 3 is 3.00 bits per heavy atom. The number of aromatic nitrogens is 1. The van der Waals surface area contributed by atoms with Crippen molar-refractivity contribution in [3.63, 3.8) is 0 Å². The van der Waals surface area contributed by atoms with Crippen LogP contribution in [-0.2, 0) is 0 Å². The molecule has 0 unspecified atom stereocenters. The molecule has 80 valence electrons. The smallest absolute Gasteiger partial charge is 0.257 e. The number of aliphatic hydroxyl groups is 1. The van der Waals surface area contributed by atoms with Crippen LogP contribution >= 0.6 is 0 Å². The summed E-state index contributed by atoms with van der Waals surface area (Å²) in [5, 5.41) is 9.10. The second-order valence-corrected chi connectivity index (χ2v) is 3.44. The van der Waals surface area contributed by atoms with Crippen molar-refractivity contribution >= 4 is 5.91 Å². The highest BCUT2D eigenvalue weighted by Crippen LogP contribution is 2.20. The van der Waals surface area contributed by atoms with Crippen molar-refractivity contribution < 1.29 is 14.6 Å². The number of rotatable bonds is 2. The number of methoxy groups -OCH3 is 1. The van der Waals surface area contributed by atoms with E-state index in [0.29, 0.717) is 24.4 Å². The molecule has 5 nitrogen and oxygen atoms in total. The van der Waals surface area contributed by atoms with Crippen LogP contribution in [0.15, 0.2) is 18.5 Å². The Hall–Kier alpha value is -1.62. The zero-order valence-electron chi connectivity index (χ0n) is 8.38. The van der Waals surface area contributed by atoms with E-state index in [9.17, 15) is 4.79 Å². The molecule has 0 radical (unpaired) electrons. The lowest BCUT2D eigenvalue weighted by Gasteiger charge is -2.36. The maximum atomic E-state index is 11.9. The fraction of sp³-hybridized carbons (Fsp3) is 0.400. The highest BCUT2D eigenvalue weighted by molar-refractivity contribution is 5.97. The summed E-state index contributed by atoms with van der Waals surface area (Å²) in [4.78, 5) is 17.3. The molecule has 1 fully saturated rings. The van der Waals surface area contributed by atoms with Crippen LogP contribution in [0.4, 0.5) is 0 Å². The van der Waals surface area contributed by atoms with Gasteiger partial charge in [-0.3, -0.25) is 9.78 Å². The first kappa shape index (κ1) is 9.92. The number of carbonyl (C=O) groups excluding carboxylic acids is 1. The average molecular weight is 208 g/mol. The van der Waals surface area contributed by atoms with Gasteiger partial charge in [0.1, 0.15) is 5.75 Å². The third kappa shape index (κ3) is 1.78. The third-order valence-electron chi connectivity index (χ3n) is 2.38. The Kier molecular flexibility index (Phi) is 2.55. The molecule has 1 N–H and O–H groups in total. The van der Waals surface area contributed by atoms with Gasteiger partial charge in [0.2, 0.25) is 0 Å². The number of nitrogens with zero attached hydrogens (tertiary/aromatic N) is 2. The lowest BCUT2D eigenvalue weighted by molar-refractivity contribution is 0.00569. The summed E-state index contributed by atoms with van der Waals surface area (Å²) in [7, 11) is 1.50. The molecular formula is C10H12N2O3. The number of ether oxygens (including phenoxy) is 1. The van der Waals surface area contributed by atoms with Gasteiger partial charge in [0.05, 0.1) is 25.0 Å². The SMILES string of the molecule is COc1cnccc1C(=O)N1CC(O)C1. The molecule has 0 bridgehead atoms. The Balaban J connectivity index is 2.18. The van der Waals surface area contributed by atoms with Gasteiger partial charge < -0.3 is 14.7 Å². The van der Waals surface area contributed by atoms with Gasteiger partial charge in [0.15, 0.2) is 0 Å². The highest BCUT2D eigenvalue weighted by atomic mass is 16.5. The maximum absolute atomic E-state index is 11.9. The summed E-state index contributed by atoms with van der Waals surface area (Å²) in [6, 6.07) is 1.62. The number of β-amino-alcohol motifs (C(OH)–C–C–N with tert-alkyl or cyclic N) is 1. The standard InChI is InChI=1S/C10H12N2O3/c1-15-9-4-11-3-2-8(9)10(14)12-5-7(13)6-12/h2-4,7,13H,5-6H2,1H3. The van der Waals surface area contributed by atoms with E-state index in [4.69, 9.17) is 9.84 Å². The van der Waals surface area contributed by atoms with E-state index in [0.717, 1.165) is 0 Å². The topological polar surface area (TPSA) is 62.7 Å². The molecule has 1 saturated heterocycles. The average Bonchev–Trinajstić information content (AvgIpc) is 2.24. The van der Waals surface area contributed by atoms with Crippen molar-refractivity contribution in [3.8, 4) is 5.75 Å². The van der Waals surface area contributed by atoms with Crippen LogP contribution in [0.5, 0.6) is 5.75 Å². The molecule has 1 amide bonds. The number of likely N-dealkylation sites (tertiary alicyclic amines) is 1. The second-order valence-electron chi connectivity index (χ2n) is 3.44. The summed E-state index contributed by atoms with van der Waals surface area (Å²) < 4.78 is 5.04. The molecule has 1 aliphatic rings. The molecule has 2 rings (SSSR count). The molecule has 0 spiro atoms. The molecular weight excluding hydrogens is 196 g/mol. The normalized spacial score (nSPS) is 16.0. The van der Waals surface area contributed by atoms with E-state index in [1.807, 2.05) is 0 Å². The van der Waals surface area contributed by atoms with E-state index in [-0.39, 0.29) is 12.0 Å². The quantitative estimate of drug-likeness (QED) is 0.737. The zero-order chi connectivity index (χ0) is 10.8. The predicted molar refractivity (Wildman–Crippen MR) is 52.7 cm³/mol. The number of hydrogen-bond acceptors (Lipinski definition) is 4. The molecule has 1 aromatic rings. The zero-order valence-corrected chi connectivity index (χ0v) is 8.38. The summed E-state index contributed by atoms with van der Waals surface area (Å²) >= 11 is 0. The van der Waals surface area contributed by atoms with E-state index in [1.54, 1.807) is 17.2 Å². The van der Waals surface area contributed by atoms with Gasteiger partial charge in [-0.2, -0.15) is 0 Å². The lowest BCUT2D eigenvalue weighted by atomic mass is 10.1. The van der Waals surface area contributed by atoms with Crippen molar-refractivity contribution in [2.75, 3.05) is 20.2 Å². The first-order chi connectivity index (χ1) is 7.22. The molecule has 2 heterocycles. The van der Waals surface area contributed by atoms with Gasteiger partial charge in [-0.15, -0.1) is 0 Å². The second kappa shape index (κ2) is 3.86. The lowest BCUT2D eigenvalue weighted by Crippen LogP contribution is -2.53. The van der Waals surface area contributed by atoms with E-state index in [1.165, 1.54) is 13.3 Å². The molecule has 15 heavy (non-hydrogen) atoms. The molecule has 0 atom stereocenters. The molecule has 0 aliphatic carbocycles. The fourth-order valence-electron chi connectivity index (χ4n) is 1.51. The first-order valence-electron chi connectivity index (χ1n) is 4.67. The molecule has 0 saturated carbocycles. The van der Waals surface area contributed by atoms with Gasteiger partial charge in [-0.25, -0.2) is 0 Å². The monoisotopic (exact) mass is 208 g/mol. The fourth-order valence-corrected chi connectivity index (χ4v) is 1.51. The first-order valence-corrected chi connectivity index (χ1v) is 4.67. The van der Waals surface area contributed by atoms with Gasteiger partial charge in [0, 0.05) is 19.3 Å². The molecule has 5 heteroatoms. The Bertz CT molecular complexity index is 375. The van der Waals surface area contributed by atoms with Crippen molar-refractivity contribution in [1.29, 1.82) is 0 Å². The van der Waals surface area contributed by atoms with Crippen molar-refractivity contribution in [2.24, 2.45) is 0 Å². The molecule has 1 aromatic heterocycles. The Labute approximate surface area is 87.3 Å². The minimum absolute atomic E-state index is 0.125. The maximum Gasteiger partial charge on any atom is 0.257 e. The number of hydrogen-bond donors (Lipinski definition) is 1. The summed E-state index contributed by atoms with van der Waals surface area (Å²) in [5.41, 5.74) is 0.486. The van der Waals surface area contributed by atoms with Crippen LogP contribution in [-0.4, -0.2) is 47.2 Å². The number of pyridine rings is 1. The van der Waals surface area contributed by atoms with E-state index < -0.39 is 0 Å². The molecule has 1 aliphatic heterocycles.